The molecule has 1 unspecified atom stereocenters. The number of hydrogen-bond acceptors (Lipinski definition) is 4. The van der Waals surface area contributed by atoms with Gasteiger partial charge in [-0.25, -0.2) is 9.78 Å². The summed E-state index contributed by atoms with van der Waals surface area (Å²) in [4.78, 5) is 15.3. The monoisotopic (exact) mass is 213 g/mol. The lowest BCUT2D eigenvalue weighted by molar-refractivity contribution is 0.0701. The lowest BCUT2D eigenvalue weighted by atomic mass is 10.2. The van der Waals surface area contributed by atoms with Crippen molar-refractivity contribution in [1.29, 1.82) is 0 Å². The van der Waals surface area contributed by atoms with Gasteiger partial charge in [0.15, 0.2) is 0 Å². The quantitative estimate of drug-likeness (QED) is 0.816. The molecule has 1 aromatic heterocycles. The van der Waals surface area contributed by atoms with Gasteiger partial charge in [0, 0.05) is 6.61 Å². The molecule has 14 heavy (non-hydrogen) atoms. The molecule has 0 radical (unpaired) electrons. The Bertz CT molecular complexity index is 355. The van der Waals surface area contributed by atoms with Gasteiger partial charge in [0.25, 0.3) is 0 Å². The van der Waals surface area contributed by atoms with E-state index in [-0.39, 0.29) is 6.10 Å². The highest BCUT2D eigenvalue weighted by Crippen LogP contribution is 2.32. The zero-order valence-corrected chi connectivity index (χ0v) is 8.63. The van der Waals surface area contributed by atoms with E-state index in [0.717, 1.165) is 24.5 Å². The van der Waals surface area contributed by atoms with Crippen LogP contribution in [0.4, 0.5) is 0 Å². The molecule has 2 rings (SSSR count). The first-order valence-electron chi connectivity index (χ1n) is 4.50. The van der Waals surface area contributed by atoms with Crippen molar-refractivity contribution in [3.05, 3.63) is 15.6 Å². The average molecular weight is 213 g/mol. The Morgan fingerprint density at radius 1 is 1.71 bits per heavy atom. The summed E-state index contributed by atoms with van der Waals surface area (Å²) in [7, 11) is 0. The third-order valence-corrected chi connectivity index (χ3v) is 3.45. The number of rotatable bonds is 2. The molecule has 0 amide bonds. The van der Waals surface area contributed by atoms with Crippen LogP contribution in [0.15, 0.2) is 0 Å². The summed E-state index contributed by atoms with van der Waals surface area (Å²) in [5.74, 6) is -0.899. The smallest absolute Gasteiger partial charge is 0.347 e. The zero-order valence-electron chi connectivity index (χ0n) is 7.82. The van der Waals surface area contributed by atoms with Gasteiger partial charge in [-0.15, -0.1) is 11.3 Å². The molecule has 0 saturated carbocycles. The normalized spacial score (nSPS) is 21.4. The Hall–Kier alpha value is -0.940. The first-order chi connectivity index (χ1) is 6.68. The molecule has 1 aromatic rings. The third kappa shape index (κ3) is 1.65. The highest BCUT2D eigenvalue weighted by molar-refractivity contribution is 7.13. The van der Waals surface area contributed by atoms with Gasteiger partial charge in [0.2, 0.25) is 0 Å². The zero-order chi connectivity index (χ0) is 10.1. The maximum absolute atomic E-state index is 10.8. The molecule has 1 atom stereocenters. The van der Waals surface area contributed by atoms with Crippen molar-refractivity contribution in [2.75, 3.05) is 6.61 Å². The van der Waals surface area contributed by atoms with Gasteiger partial charge in [0.05, 0.1) is 5.69 Å². The van der Waals surface area contributed by atoms with Gasteiger partial charge >= 0.3 is 5.97 Å². The predicted octanol–water partition coefficient (Wildman–Crippen LogP) is 2.00. The number of carboxylic acid groups (broad SMARTS) is 1. The fourth-order valence-corrected chi connectivity index (χ4v) is 2.52. The Morgan fingerprint density at radius 3 is 3.00 bits per heavy atom. The van der Waals surface area contributed by atoms with E-state index in [4.69, 9.17) is 9.84 Å². The number of aromatic carboxylic acids is 1. The standard InChI is InChI=1S/C9H11NO3S/c1-5-7(9(11)12)14-8(10-5)6-3-2-4-13-6/h6H,2-4H2,1H3,(H,11,12). The maximum atomic E-state index is 10.8. The van der Waals surface area contributed by atoms with Gasteiger partial charge in [0.1, 0.15) is 16.0 Å². The molecule has 1 N–H and O–H groups in total. The second-order valence-electron chi connectivity index (χ2n) is 3.27. The second kappa shape index (κ2) is 3.67. The molecular formula is C9H11NO3S. The largest absolute Gasteiger partial charge is 0.477 e. The van der Waals surface area contributed by atoms with Crippen molar-refractivity contribution >= 4 is 17.3 Å². The van der Waals surface area contributed by atoms with Gasteiger partial charge in [-0.1, -0.05) is 0 Å². The van der Waals surface area contributed by atoms with Gasteiger partial charge < -0.3 is 9.84 Å². The van der Waals surface area contributed by atoms with E-state index in [1.165, 1.54) is 11.3 Å². The number of carbonyl (C=O) groups is 1. The summed E-state index contributed by atoms with van der Waals surface area (Å²) in [6.07, 6.45) is 2.00. The fourth-order valence-electron chi connectivity index (χ4n) is 1.53. The summed E-state index contributed by atoms with van der Waals surface area (Å²) < 4.78 is 5.44. The molecule has 0 spiro atoms. The minimum Gasteiger partial charge on any atom is -0.477 e. The molecule has 1 saturated heterocycles. The first kappa shape index (κ1) is 9.61. The SMILES string of the molecule is Cc1nc(C2CCCO2)sc1C(=O)O. The van der Waals surface area contributed by atoms with Crippen molar-refractivity contribution < 1.29 is 14.6 Å². The lowest BCUT2D eigenvalue weighted by Gasteiger charge is -2.02. The molecule has 0 bridgehead atoms. The third-order valence-electron chi connectivity index (χ3n) is 2.21. The Balaban J connectivity index is 2.27. The van der Waals surface area contributed by atoms with Crippen LogP contribution < -0.4 is 0 Å². The van der Waals surface area contributed by atoms with Crippen molar-refractivity contribution in [3.63, 3.8) is 0 Å². The minimum absolute atomic E-state index is 0.0202. The highest BCUT2D eigenvalue weighted by atomic mass is 32.1. The molecule has 1 fully saturated rings. The van der Waals surface area contributed by atoms with Gasteiger partial charge in [-0.2, -0.15) is 0 Å². The first-order valence-corrected chi connectivity index (χ1v) is 5.32. The number of hydrogen-bond donors (Lipinski definition) is 1. The van der Waals surface area contributed by atoms with Crippen LogP contribution in [0.3, 0.4) is 0 Å². The predicted molar refractivity (Wildman–Crippen MR) is 51.7 cm³/mol. The Morgan fingerprint density at radius 2 is 2.50 bits per heavy atom. The van der Waals surface area contributed by atoms with Crippen molar-refractivity contribution in [1.82, 2.24) is 4.98 Å². The fraction of sp³-hybridized carbons (Fsp3) is 0.556. The molecule has 2 heterocycles. The van der Waals surface area contributed by atoms with Gasteiger partial charge in [-0.05, 0) is 19.8 Å². The van der Waals surface area contributed by atoms with E-state index in [0.29, 0.717) is 10.6 Å². The molecule has 5 heteroatoms. The van der Waals surface area contributed by atoms with Crippen molar-refractivity contribution in [2.45, 2.75) is 25.9 Å². The van der Waals surface area contributed by atoms with Crippen LogP contribution in [-0.2, 0) is 4.74 Å². The van der Waals surface area contributed by atoms with E-state index >= 15 is 0 Å². The van der Waals surface area contributed by atoms with Crippen LogP contribution in [0, 0.1) is 6.92 Å². The number of ether oxygens (including phenoxy) is 1. The summed E-state index contributed by atoms with van der Waals surface area (Å²) in [6, 6.07) is 0. The molecule has 1 aliphatic heterocycles. The Labute approximate surface area is 85.5 Å². The van der Waals surface area contributed by atoms with Crippen LogP contribution in [0.25, 0.3) is 0 Å². The highest BCUT2D eigenvalue weighted by Gasteiger charge is 2.24. The minimum atomic E-state index is -0.899. The Kier molecular flexibility index (Phi) is 2.52. The van der Waals surface area contributed by atoms with Crippen molar-refractivity contribution in [2.24, 2.45) is 0 Å². The topological polar surface area (TPSA) is 59.4 Å². The molecular weight excluding hydrogens is 202 g/mol. The summed E-state index contributed by atoms with van der Waals surface area (Å²) in [5.41, 5.74) is 0.591. The van der Waals surface area contributed by atoms with Gasteiger partial charge in [-0.3, -0.25) is 0 Å². The number of aromatic nitrogens is 1. The number of carboxylic acids is 1. The second-order valence-corrected chi connectivity index (χ2v) is 4.30. The van der Waals surface area contributed by atoms with E-state index in [1.807, 2.05) is 0 Å². The van der Waals surface area contributed by atoms with Crippen molar-refractivity contribution in [3.8, 4) is 0 Å². The summed E-state index contributed by atoms with van der Waals surface area (Å²) >= 11 is 1.23. The summed E-state index contributed by atoms with van der Waals surface area (Å²) in [6.45, 7) is 2.48. The van der Waals surface area contributed by atoms with Crippen LogP contribution in [0.1, 0.15) is 39.3 Å². The number of nitrogens with zero attached hydrogens (tertiary/aromatic N) is 1. The van der Waals surface area contributed by atoms with Crippen LogP contribution in [0.5, 0.6) is 0 Å². The average Bonchev–Trinajstić information content (AvgIpc) is 2.70. The van der Waals surface area contributed by atoms with E-state index in [1.54, 1.807) is 6.92 Å². The number of thiazole rings is 1. The van der Waals surface area contributed by atoms with Crippen LogP contribution in [-0.4, -0.2) is 22.7 Å². The van der Waals surface area contributed by atoms with Crippen LogP contribution in [0.2, 0.25) is 0 Å². The molecule has 76 valence electrons. The molecule has 0 aliphatic carbocycles. The van der Waals surface area contributed by atoms with Crippen LogP contribution >= 0.6 is 11.3 Å². The summed E-state index contributed by atoms with van der Waals surface area (Å²) in [5, 5.41) is 9.65. The molecule has 1 aliphatic rings. The molecule has 0 aromatic carbocycles. The lowest BCUT2D eigenvalue weighted by Crippen LogP contribution is -1.94. The van der Waals surface area contributed by atoms with E-state index < -0.39 is 5.97 Å². The number of aryl methyl sites for hydroxylation is 1. The molecule has 4 nitrogen and oxygen atoms in total. The maximum Gasteiger partial charge on any atom is 0.347 e. The van der Waals surface area contributed by atoms with E-state index in [2.05, 4.69) is 4.98 Å². The van der Waals surface area contributed by atoms with E-state index in [9.17, 15) is 4.79 Å².